The number of rotatable bonds is 3. The SMILES string of the molecule is CCOC(=O)C=C1SC=C(c2ccccc2)N1C. The second kappa shape index (κ2) is 5.78. The third-order valence-corrected chi connectivity index (χ3v) is 3.56. The summed E-state index contributed by atoms with van der Waals surface area (Å²) in [4.78, 5) is 13.4. The van der Waals surface area contributed by atoms with Crippen molar-refractivity contribution < 1.29 is 9.53 Å². The fourth-order valence-corrected chi connectivity index (χ4v) is 2.63. The zero-order valence-corrected chi connectivity index (χ0v) is 11.2. The van der Waals surface area contributed by atoms with E-state index in [9.17, 15) is 4.79 Å². The summed E-state index contributed by atoms with van der Waals surface area (Å²) in [6.45, 7) is 2.20. The molecule has 0 saturated carbocycles. The molecular formula is C14H15NO2S. The van der Waals surface area contributed by atoms with E-state index in [-0.39, 0.29) is 5.97 Å². The number of hydrogen-bond donors (Lipinski definition) is 0. The Hall–Kier alpha value is -1.68. The first-order chi connectivity index (χ1) is 8.72. The molecule has 0 aromatic heterocycles. The lowest BCUT2D eigenvalue weighted by Gasteiger charge is -2.17. The van der Waals surface area contributed by atoms with Crippen molar-refractivity contribution >= 4 is 23.4 Å². The number of esters is 1. The van der Waals surface area contributed by atoms with Crippen molar-refractivity contribution in [2.45, 2.75) is 6.92 Å². The molecule has 0 spiro atoms. The van der Waals surface area contributed by atoms with Crippen LogP contribution in [0.1, 0.15) is 12.5 Å². The summed E-state index contributed by atoms with van der Waals surface area (Å²) < 4.78 is 4.91. The molecule has 1 aromatic rings. The van der Waals surface area contributed by atoms with E-state index in [4.69, 9.17) is 4.74 Å². The normalized spacial score (nSPS) is 16.9. The average molecular weight is 261 g/mol. The van der Waals surface area contributed by atoms with Gasteiger partial charge in [-0.2, -0.15) is 0 Å². The first-order valence-electron chi connectivity index (χ1n) is 5.76. The molecule has 1 heterocycles. The van der Waals surface area contributed by atoms with Crippen molar-refractivity contribution in [3.8, 4) is 0 Å². The average Bonchev–Trinajstić information content (AvgIpc) is 2.72. The molecule has 2 rings (SSSR count). The zero-order chi connectivity index (χ0) is 13.0. The minimum Gasteiger partial charge on any atom is -0.463 e. The van der Waals surface area contributed by atoms with Gasteiger partial charge < -0.3 is 9.64 Å². The lowest BCUT2D eigenvalue weighted by atomic mass is 10.1. The van der Waals surface area contributed by atoms with E-state index in [1.807, 2.05) is 35.6 Å². The summed E-state index contributed by atoms with van der Waals surface area (Å²) in [5, 5.41) is 2.92. The Morgan fingerprint density at radius 1 is 1.39 bits per heavy atom. The molecule has 0 amide bonds. The molecule has 3 nitrogen and oxygen atoms in total. The van der Waals surface area contributed by atoms with Gasteiger partial charge in [-0.3, -0.25) is 0 Å². The highest BCUT2D eigenvalue weighted by Crippen LogP contribution is 2.37. The van der Waals surface area contributed by atoms with E-state index < -0.39 is 0 Å². The molecule has 1 aliphatic heterocycles. The first kappa shape index (κ1) is 12.8. The Balaban J connectivity index is 2.14. The molecule has 94 valence electrons. The molecule has 18 heavy (non-hydrogen) atoms. The summed E-state index contributed by atoms with van der Waals surface area (Å²) in [6.07, 6.45) is 1.53. The van der Waals surface area contributed by atoms with Crippen LogP contribution in [0.2, 0.25) is 0 Å². The molecule has 0 saturated heterocycles. The number of benzene rings is 1. The lowest BCUT2D eigenvalue weighted by molar-refractivity contribution is -0.137. The monoisotopic (exact) mass is 261 g/mol. The Bertz CT molecular complexity index is 494. The Morgan fingerprint density at radius 2 is 2.11 bits per heavy atom. The van der Waals surface area contributed by atoms with Crippen molar-refractivity contribution in [3.63, 3.8) is 0 Å². The van der Waals surface area contributed by atoms with E-state index in [2.05, 4.69) is 12.1 Å². The van der Waals surface area contributed by atoms with E-state index >= 15 is 0 Å². The van der Waals surface area contributed by atoms with Crippen molar-refractivity contribution in [2.24, 2.45) is 0 Å². The maximum Gasteiger partial charge on any atom is 0.333 e. The van der Waals surface area contributed by atoms with Crippen LogP contribution < -0.4 is 0 Å². The fraction of sp³-hybridized carbons (Fsp3) is 0.214. The van der Waals surface area contributed by atoms with Crippen LogP contribution in [-0.4, -0.2) is 24.5 Å². The summed E-state index contributed by atoms with van der Waals surface area (Å²) in [7, 11) is 1.95. The van der Waals surface area contributed by atoms with Gasteiger partial charge in [0.2, 0.25) is 0 Å². The highest BCUT2D eigenvalue weighted by Gasteiger charge is 2.19. The predicted molar refractivity (Wildman–Crippen MR) is 74.5 cm³/mol. The highest BCUT2D eigenvalue weighted by atomic mass is 32.2. The molecule has 0 N–H and O–H groups in total. The van der Waals surface area contributed by atoms with Crippen molar-refractivity contribution in [2.75, 3.05) is 13.7 Å². The maximum absolute atomic E-state index is 11.4. The minimum atomic E-state index is -0.297. The van der Waals surface area contributed by atoms with Gasteiger partial charge >= 0.3 is 5.97 Å². The second-order valence-electron chi connectivity index (χ2n) is 3.78. The summed E-state index contributed by atoms with van der Waals surface area (Å²) >= 11 is 1.53. The fourth-order valence-electron chi connectivity index (χ4n) is 1.68. The molecule has 0 bridgehead atoms. The smallest absolute Gasteiger partial charge is 0.333 e. The van der Waals surface area contributed by atoms with Gasteiger partial charge in [0.15, 0.2) is 0 Å². The van der Waals surface area contributed by atoms with Gasteiger partial charge in [0, 0.05) is 12.5 Å². The molecule has 1 aromatic carbocycles. The van der Waals surface area contributed by atoms with E-state index in [1.54, 1.807) is 6.92 Å². The van der Waals surface area contributed by atoms with Gasteiger partial charge in [-0.25, -0.2) is 4.79 Å². The van der Waals surface area contributed by atoms with Crippen molar-refractivity contribution in [1.29, 1.82) is 0 Å². The summed E-state index contributed by atoms with van der Waals surface area (Å²) in [6, 6.07) is 10.1. The third kappa shape index (κ3) is 2.76. The van der Waals surface area contributed by atoms with E-state index in [1.165, 1.54) is 17.8 Å². The van der Waals surface area contributed by atoms with Crippen LogP contribution >= 0.6 is 11.8 Å². The third-order valence-electron chi connectivity index (χ3n) is 2.58. The Labute approximate surface area is 111 Å². The molecule has 4 heteroatoms. The van der Waals surface area contributed by atoms with Crippen LogP contribution in [0.25, 0.3) is 5.70 Å². The molecule has 0 atom stereocenters. The number of carbonyl (C=O) groups excluding carboxylic acids is 1. The molecule has 0 unspecified atom stereocenters. The van der Waals surface area contributed by atoms with Gasteiger partial charge in [-0.05, 0) is 12.5 Å². The largest absolute Gasteiger partial charge is 0.463 e. The van der Waals surface area contributed by atoms with Crippen molar-refractivity contribution in [3.05, 3.63) is 52.4 Å². The number of thioether (sulfide) groups is 1. The van der Waals surface area contributed by atoms with Crippen LogP contribution in [-0.2, 0) is 9.53 Å². The quantitative estimate of drug-likeness (QED) is 0.618. The van der Waals surface area contributed by atoms with Gasteiger partial charge in [-0.15, -0.1) is 0 Å². The van der Waals surface area contributed by atoms with Gasteiger partial charge in [0.05, 0.1) is 23.4 Å². The number of carbonyl (C=O) groups is 1. The highest BCUT2D eigenvalue weighted by molar-refractivity contribution is 8.06. The topological polar surface area (TPSA) is 29.5 Å². The summed E-state index contributed by atoms with van der Waals surface area (Å²) in [5.41, 5.74) is 2.23. The molecule has 0 aliphatic carbocycles. The number of nitrogens with zero attached hydrogens (tertiary/aromatic N) is 1. The summed E-state index contributed by atoms with van der Waals surface area (Å²) in [5.74, 6) is -0.297. The number of ether oxygens (including phenoxy) is 1. The van der Waals surface area contributed by atoms with Crippen LogP contribution in [0.5, 0.6) is 0 Å². The van der Waals surface area contributed by atoms with Gasteiger partial charge in [-0.1, -0.05) is 42.1 Å². The Kier molecular flexibility index (Phi) is 4.10. The second-order valence-corrected chi connectivity index (χ2v) is 4.67. The van der Waals surface area contributed by atoms with Crippen molar-refractivity contribution in [1.82, 2.24) is 4.90 Å². The molecular weight excluding hydrogens is 246 g/mol. The molecule has 0 radical (unpaired) electrons. The standard InChI is InChI=1S/C14H15NO2S/c1-3-17-14(16)9-13-15(2)12(10-18-13)11-7-5-4-6-8-11/h4-10H,3H2,1-2H3. The minimum absolute atomic E-state index is 0.297. The zero-order valence-electron chi connectivity index (χ0n) is 10.4. The molecule has 1 aliphatic rings. The van der Waals surface area contributed by atoms with E-state index in [0.29, 0.717) is 6.61 Å². The predicted octanol–water partition coefficient (Wildman–Crippen LogP) is 3.07. The first-order valence-corrected chi connectivity index (χ1v) is 6.64. The Morgan fingerprint density at radius 3 is 2.78 bits per heavy atom. The lowest BCUT2D eigenvalue weighted by Crippen LogP contribution is -2.12. The number of hydrogen-bond acceptors (Lipinski definition) is 4. The van der Waals surface area contributed by atoms with E-state index in [0.717, 1.165) is 16.3 Å². The maximum atomic E-state index is 11.4. The van der Waals surface area contributed by atoms with Gasteiger partial charge in [0.25, 0.3) is 0 Å². The van der Waals surface area contributed by atoms with Crippen LogP contribution in [0.4, 0.5) is 0 Å². The van der Waals surface area contributed by atoms with Gasteiger partial charge in [0.1, 0.15) is 0 Å². The van der Waals surface area contributed by atoms with Crippen LogP contribution in [0.15, 0.2) is 46.8 Å². The van der Waals surface area contributed by atoms with Crippen LogP contribution in [0, 0.1) is 0 Å². The molecule has 0 fully saturated rings. The van der Waals surface area contributed by atoms with Crippen LogP contribution in [0.3, 0.4) is 0 Å².